The summed E-state index contributed by atoms with van der Waals surface area (Å²) >= 11 is 10.8. The maximum Gasteiger partial charge on any atom is 0.151 e. The number of halogens is 2. The van der Waals surface area contributed by atoms with Crippen molar-refractivity contribution in [3.05, 3.63) is 22.4 Å². The van der Waals surface area contributed by atoms with Gasteiger partial charge < -0.3 is 0 Å². The Morgan fingerprint density at radius 2 is 1.38 bits per heavy atom. The van der Waals surface area contributed by atoms with Crippen molar-refractivity contribution in [1.82, 2.24) is 10.2 Å². The zero-order valence-corrected chi connectivity index (χ0v) is 5.32. The number of rotatable bonds is 0. The average molecular weight is 153 g/mol. The molecule has 4 heteroatoms. The van der Waals surface area contributed by atoms with E-state index in [1.54, 1.807) is 12.1 Å². The molecule has 1 heterocycles. The lowest BCUT2D eigenvalue weighted by Crippen LogP contribution is -1.78. The lowest BCUT2D eigenvalue weighted by molar-refractivity contribution is 1.03. The average Bonchev–Trinajstić information content (AvgIpc) is 1.77. The van der Waals surface area contributed by atoms with Crippen LogP contribution in [0.3, 0.4) is 0 Å². The van der Waals surface area contributed by atoms with Crippen LogP contribution in [0.1, 0.15) is 0 Å². The monoisotopic (exact) mass is 152 g/mol. The summed E-state index contributed by atoms with van der Waals surface area (Å²) in [6.07, 6.45) is 0. The Labute approximate surface area is 56.4 Å². The van der Waals surface area contributed by atoms with Crippen LogP contribution < -0.4 is 0 Å². The summed E-state index contributed by atoms with van der Waals surface area (Å²) in [7, 11) is 0. The van der Waals surface area contributed by atoms with Gasteiger partial charge in [0.25, 0.3) is 0 Å². The van der Waals surface area contributed by atoms with Crippen molar-refractivity contribution in [3.63, 3.8) is 0 Å². The molecule has 2 nitrogen and oxygen atoms in total. The van der Waals surface area contributed by atoms with Crippen molar-refractivity contribution >= 4 is 23.2 Å². The van der Waals surface area contributed by atoms with Gasteiger partial charge in [0.05, 0.1) is 0 Å². The Morgan fingerprint density at radius 1 is 1.00 bits per heavy atom. The molecule has 1 aromatic heterocycles. The molecule has 0 aromatic carbocycles. The highest BCUT2D eigenvalue weighted by molar-refractivity contribution is 6.31. The quantitative estimate of drug-likeness (QED) is 0.567. The van der Waals surface area contributed by atoms with Crippen molar-refractivity contribution in [2.24, 2.45) is 0 Å². The Morgan fingerprint density at radius 3 is 1.62 bits per heavy atom. The second-order valence-corrected chi connectivity index (χ2v) is 1.95. The van der Waals surface area contributed by atoms with Gasteiger partial charge in [-0.15, -0.1) is 10.2 Å². The van der Waals surface area contributed by atoms with Crippen LogP contribution in [0.4, 0.5) is 0 Å². The summed E-state index contributed by atoms with van der Waals surface area (Å²) in [6, 6.07) is 3.16. The molecule has 0 aliphatic carbocycles. The Kier molecular flexibility index (Phi) is 1.65. The molecule has 0 spiro atoms. The lowest BCUT2D eigenvalue weighted by atomic mass is 11.3. The van der Waals surface area contributed by atoms with Gasteiger partial charge in [0.15, 0.2) is 10.3 Å². The largest absolute Gasteiger partial charge is 0.151 e. The predicted molar refractivity (Wildman–Crippen MR) is 32.1 cm³/mol. The second-order valence-electron chi connectivity index (χ2n) is 1.18. The van der Waals surface area contributed by atoms with Gasteiger partial charge in [0, 0.05) is 0 Å². The molecule has 8 heavy (non-hydrogen) atoms. The molecule has 0 radical (unpaired) electrons. The van der Waals surface area contributed by atoms with E-state index in [0.29, 0.717) is 10.3 Å². The topological polar surface area (TPSA) is 25.8 Å². The Hall–Kier alpha value is -0.340. The maximum absolute atomic E-state index is 5.38. The number of hydrogen-bond acceptors (Lipinski definition) is 2. The molecule has 1 rings (SSSR count). The van der Waals surface area contributed by atoms with Crippen molar-refractivity contribution in [3.8, 4) is 0 Å². The van der Waals surface area contributed by atoms with E-state index >= 15 is 0 Å². The highest BCUT2D eigenvalue weighted by Crippen LogP contribution is 2.05. The number of nitrogens with zero attached hydrogens (tertiary/aromatic N) is 2. The molecule has 1 aromatic rings. The molecular weight excluding hydrogens is 151 g/mol. The van der Waals surface area contributed by atoms with Crippen LogP contribution in [0.15, 0.2) is 12.1 Å². The third-order valence-electron chi connectivity index (χ3n) is 0.599. The summed E-state index contributed by atoms with van der Waals surface area (Å²) < 4.78 is 0. The van der Waals surface area contributed by atoms with Gasteiger partial charge in [0.2, 0.25) is 0 Å². The van der Waals surface area contributed by atoms with Gasteiger partial charge >= 0.3 is 0 Å². The number of hydrogen-bond donors (Lipinski definition) is 0. The van der Waals surface area contributed by atoms with Crippen LogP contribution in [0.25, 0.3) is 0 Å². The summed E-state index contributed by atoms with van der Waals surface area (Å²) in [5, 5.41) is 7.64. The standard InChI is InChI=1S/C4H2Cl2N2/c5-3-1-2-4(6)8-7-3/h1-2H/i1+2,2+2. The maximum atomic E-state index is 5.38. The van der Waals surface area contributed by atoms with Crippen LogP contribution in [0.5, 0.6) is 0 Å². The predicted octanol–water partition coefficient (Wildman–Crippen LogP) is 1.78. The van der Waals surface area contributed by atoms with E-state index < -0.39 is 0 Å². The van der Waals surface area contributed by atoms with Crippen LogP contribution in [0, 0.1) is 0 Å². The van der Waals surface area contributed by atoms with E-state index in [1.807, 2.05) is 0 Å². The first-order chi connectivity index (χ1) is 3.79. The van der Waals surface area contributed by atoms with Crippen LogP contribution in [-0.4, -0.2) is 10.2 Å². The highest BCUT2D eigenvalue weighted by Gasteiger charge is 1.87. The molecule has 42 valence electrons. The molecule has 0 saturated carbocycles. The molecule has 0 atom stereocenters. The van der Waals surface area contributed by atoms with Crippen LogP contribution in [-0.2, 0) is 0 Å². The minimum Gasteiger partial charge on any atom is -0.137 e. The van der Waals surface area contributed by atoms with Gasteiger partial charge in [-0.25, -0.2) is 0 Å². The normalized spacial score (nSPS) is 9.25. The molecule has 0 fully saturated rings. The zero-order valence-electron chi connectivity index (χ0n) is 3.81. The molecule has 0 aliphatic rings. The zero-order chi connectivity index (χ0) is 5.98. The van der Waals surface area contributed by atoms with Crippen molar-refractivity contribution in [2.75, 3.05) is 0 Å². The molecule has 0 saturated heterocycles. The lowest BCUT2D eigenvalue weighted by Gasteiger charge is -1.83. The highest BCUT2D eigenvalue weighted by atomic mass is 35.5. The van der Waals surface area contributed by atoms with Gasteiger partial charge in [-0.3, -0.25) is 0 Å². The number of aromatic nitrogens is 2. The van der Waals surface area contributed by atoms with Crippen molar-refractivity contribution in [1.29, 1.82) is 0 Å². The first kappa shape index (κ1) is 5.79. The van der Waals surface area contributed by atoms with Crippen molar-refractivity contribution in [2.45, 2.75) is 0 Å². The summed E-state index contributed by atoms with van der Waals surface area (Å²) in [5.41, 5.74) is 0. The Bertz CT molecular complexity index is 151. The summed E-state index contributed by atoms with van der Waals surface area (Å²) in [6.45, 7) is 0. The third kappa shape index (κ3) is 1.32. The van der Waals surface area contributed by atoms with Gasteiger partial charge in [-0.2, -0.15) is 0 Å². The molecule has 0 unspecified atom stereocenters. The minimum atomic E-state index is 0.356. The van der Waals surface area contributed by atoms with Gasteiger partial charge in [-0.1, -0.05) is 23.2 Å². The second kappa shape index (κ2) is 2.29. The van der Waals surface area contributed by atoms with E-state index in [2.05, 4.69) is 10.2 Å². The SMILES string of the molecule is Clc1[14cH][14cH]c(Cl)nn1. The van der Waals surface area contributed by atoms with Gasteiger partial charge in [0.1, 0.15) is 0 Å². The van der Waals surface area contributed by atoms with E-state index in [0.717, 1.165) is 0 Å². The van der Waals surface area contributed by atoms with E-state index in [1.165, 1.54) is 0 Å². The smallest absolute Gasteiger partial charge is 0.137 e. The van der Waals surface area contributed by atoms with Crippen LogP contribution >= 0.6 is 23.2 Å². The van der Waals surface area contributed by atoms with E-state index in [-0.39, 0.29) is 0 Å². The van der Waals surface area contributed by atoms with E-state index in [4.69, 9.17) is 23.2 Å². The molecular formula is C4H2Cl2N2. The third-order valence-corrected chi connectivity index (χ3v) is 1.00. The fourth-order valence-electron chi connectivity index (χ4n) is 0.300. The minimum absolute atomic E-state index is 0.356. The molecule has 0 amide bonds. The summed E-state index contributed by atoms with van der Waals surface area (Å²) in [5.74, 6) is 0. The van der Waals surface area contributed by atoms with E-state index in [9.17, 15) is 0 Å². The first-order valence-electron chi connectivity index (χ1n) is 1.94. The summed E-state index contributed by atoms with van der Waals surface area (Å²) in [4.78, 5) is 0. The molecule has 0 aliphatic heterocycles. The van der Waals surface area contributed by atoms with Crippen LogP contribution in [0.2, 0.25) is 10.3 Å². The molecule has 0 N–H and O–H groups in total. The first-order valence-corrected chi connectivity index (χ1v) is 2.69. The fourth-order valence-corrected chi connectivity index (χ4v) is 0.501. The van der Waals surface area contributed by atoms with Crippen molar-refractivity contribution < 1.29 is 0 Å². The Balaban J connectivity index is 3.03. The molecule has 0 bridgehead atoms. The fraction of sp³-hybridized carbons (Fsp3) is 0. The van der Waals surface area contributed by atoms with Gasteiger partial charge in [-0.05, 0) is 12.1 Å².